The first-order chi connectivity index (χ1) is 14.5. The number of aryl methyl sites for hydroxylation is 1. The van der Waals surface area contributed by atoms with Crippen LogP contribution < -0.4 is 10.6 Å². The van der Waals surface area contributed by atoms with Gasteiger partial charge in [-0.2, -0.15) is 0 Å². The number of fused-ring (bicyclic) bond motifs is 1. The first-order valence-electron chi connectivity index (χ1n) is 10.3. The van der Waals surface area contributed by atoms with Crippen molar-refractivity contribution in [1.82, 2.24) is 30.2 Å². The van der Waals surface area contributed by atoms with Gasteiger partial charge in [-0.15, -0.1) is 0 Å². The van der Waals surface area contributed by atoms with Crippen LogP contribution >= 0.6 is 0 Å². The molecule has 1 fully saturated rings. The Morgan fingerprint density at radius 2 is 2.23 bits per heavy atom. The lowest BCUT2D eigenvalue weighted by atomic mass is 10.1. The monoisotopic (exact) mass is 411 g/mol. The highest BCUT2D eigenvalue weighted by molar-refractivity contribution is 5.92. The molecule has 0 spiro atoms. The van der Waals surface area contributed by atoms with Crippen LogP contribution in [0.3, 0.4) is 0 Å². The molecule has 3 aromatic rings. The summed E-state index contributed by atoms with van der Waals surface area (Å²) in [5.41, 5.74) is 2.53. The maximum absolute atomic E-state index is 14.5. The first kappa shape index (κ1) is 20.1. The van der Waals surface area contributed by atoms with Crippen molar-refractivity contribution in [3.05, 3.63) is 36.0 Å². The van der Waals surface area contributed by atoms with Crippen LogP contribution in [0, 0.1) is 12.7 Å². The number of carbonyl (C=O) groups is 1. The van der Waals surface area contributed by atoms with Gasteiger partial charge in [0.15, 0.2) is 17.5 Å². The second-order valence-electron chi connectivity index (χ2n) is 7.66. The molecule has 30 heavy (non-hydrogen) atoms. The Kier molecular flexibility index (Phi) is 5.78. The molecule has 3 aromatic heterocycles. The highest BCUT2D eigenvalue weighted by Crippen LogP contribution is 2.27. The predicted octanol–water partition coefficient (Wildman–Crippen LogP) is 3.46. The summed E-state index contributed by atoms with van der Waals surface area (Å²) in [6, 6.07) is 1.85. The number of anilines is 1. The molecule has 1 saturated heterocycles. The average Bonchev–Trinajstić information content (AvgIpc) is 3.17. The van der Waals surface area contributed by atoms with Crippen LogP contribution in [-0.4, -0.2) is 56.5 Å². The van der Waals surface area contributed by atoms with Gasteiger partial charge in [0.1, 0.15) is 5.65 Å². The zero-order chi connectivity index (χ0) is 21.1. The normalized spacial score (nSPS) is 16.6. The molecule has 8 nitrogen and oxygen atoms in total. The van der Waals surface area contributed by atoms with Crippen LogP contribution in [0.1, 0.15) is 31.7 Å². The minimum absolute atomic E-state index is 0.0738. The molecule has 0 saturated carbocycles. The van der Waals surface area contributed by atoms with Gasteiger partial charge >= 0.3 is 6.03 Å². The summed E-state index contributed by atoms with van der Waals surface area (Å²) in [4.78, 5) is 30.1. The fourth-order valence-corrected chi connectivity index (χ4v) is 3.71. The fourth-order valence-electron chi connectivity index (χ4n) is 3.71. The number of piperidine rings is 1. The van der Waals surface area contributed by atoms with Crippen LogP contribution in [0.4, 0.5) is 15.0 Å². The number of amides is 2. The number of carbonyl (C=O) groups excluding carboxylic acids is 1. The number of nitrogens with one attached hydrogen (secondary N) is 3. The summed E-state index contributed by atoms with van der Waals surface area (Å²) in [6.07, 6.45) is 7.33. The highest BCUT2D eigenvalue weighted by atomic mass is 19.1. The van der Waals surface area contributed by atoms with Crippen LogP contribution in [0.15, 0.2) is 24.7 Å². The molecule has 0 bridgehead atoms. The number of aromatic nitrogens is 4. The number of urea groups is 1. The minimum Gasteiger partial charge on any atom is -0.363 e. The van der Waals surface area contributed by atoms with Crippen LogP contribution in [-0.2, 0) is 0 Å². The average molecular weight is 411 g/mol. The molecule has 1 atom stereocenters. The van der Waals surface area contributed by atoms with E-state index in [2.05, 4.69) is 30.6 Å². The lowest BCUT2D eigenvalue weighted by molar-refractivity contribution is 0.182. The second-order valence-corrected chi connectivity index (χ2v) is 7.66. The number of rotatable bonds is 5. The van der Waals surface area contributed by atoms with Gasteiger partial charge in [0.05, 0.1) is 6.20 Å². The second kappa shape index (κ2) is 8.64. The molecule has 0 radical (unpaired) electrons. The van der Waals surface area contributed by atoms with Crippen molar-refractivity contribution in [2.75, 3.05) is 25.0 Å². The molecule has 0 aliphatic carbocycles. The third kappa shape index (κ3) is 4.19. The van der Waals surface area contributed by atoms with E-state index in [4.69, 9.17) is 0 Å². The topological polar surface area (TPSA) is 98.8 Å². The zero-order valence-corrected chi connectivity index (χ0v) is 17.2. The van der Waals surface area contributed by atoms with Crippen molar-refractivity contribution in [2.45, 2.75) is 39.2 Å². The molecule has 0 unspecified atom stereocenters. The van der Waals surface area contributed by atoms with E-state index < -0.39 is 5.82 Å². The van der Waals surface area contributed by atoms with Gasteiger partial charge in [-0.1, -0.05) is 6.92 Å². The summed E-state index contributed by atoms with van der Waals surface area (Å²) in [6.45, 7) is 5.84. The van der Waals surface area contributed by atoms with E-state index in [9.17, 15) is 9.18 Å². The number of halogens is 1. The Morgan fingerprint density at radius 1 is 1.37 bits per heavy atom. The molecular weight excluding hydrogens is 385 g/mol. The summed E-state index contributed by atoms with van der Waals surface area (Å²) >= 11 is 0. The van der Waals surface area contributed by atoms with Gasteiger partial charge in [-0.3, -0.25) is 0 Å². The van der Waals surface area contributed by atoms with Crippen molar-refractivity contribution in [3.8, 4) is 11.4 Å². The molecular formula is C21H26FN7O. The van der Waals surface area contributed by atoms with Crippen LogP contribution in [0.5, 0.6) is 0 Å². The van der Waals surface area contributed by atoms with Crippen molar-refractivity contribution in [1.29, 1.82) is 0 Å². The zero-order valence-electron chi connectivity index (χ0n) is 17.2. The first-order valence-corrected chi connectivity index (χ1v) is 10.3. The van der Waals surface area contributed by atoms with E-state index in [0.29, 0.717) is 25.5 Å². The molecule has 4 rings (SSSR count). The molecule has 1 aliphatic rings. The maximum Gasteiger partial charge on any atom is 0.317 e. The summed E-state index contributed by atoms with van der Waals surface area (Å²) in [7, 11) is 0. The van der Waals surface area contributed by atoms with E-state index in [0.717, 1.165) is 41.4 Å². The van der Waals surface area contributed by atoms with Crippen molar-refractivity contribution in [3.63, 3.8) is 0 Å². The Bertz CT molecular complexity index is 1050. The van der Waals surface area contributed by atoms with Crippen molar-refractivity contribution >= 4 is 22.9 Å². The van der Waals surface area contributed by atoms with Crippen molar-refractivity contribution < 1.29 is 9.18 Å². The van der Waals surface area contributed by atoms with Gasteiger partial charge in [-0.25, -0.2) is 24.1 Å². The number of H-pyrrole nitrogens is 1. The largest absolute Gasteiger partial charge is 0.363 e. The molecule has 158 valence electrons. The van der Waals surface area contributed by atoms with E-state index in [1.165, 1.54) is 6.20 Å². The van der Waals surface area contributed by atoms with E-state index >= 15 is 0 Å². The smallest absolute Gasteiger partial charge is 0.317 e. The molecule has 0 aromatic carbocycles. The highest BCUT2D eigenvalue weighted by Gasteiger charge is 2.25. The predicted molar refractivity (Wildman–Crippen MR) is 114 cm³/mol. The van der Waals surface area contributed by atoms with Gasteiger partial charge in [0, 0.05) is 49.0 Å². The van der Waals surface area contributed by atoms with Crippen molar-refractivity contribution in [2.24, 2.45) is 0 Å². The Hall–Kier alpha value is -3.23. The number of aromatic amines is 1. The van der Waals surface area contributed by atoms with Gasteiger partial charge in [0.2, 0.25) is 0 Å². The lowest BCUT2D eigenvalue weighted by Crippen LogP contribution is -2.49. The van der Waals surface area contributed by atoms with E-state index in [1.807, 2.05) is 19.9 Å². The summed E-state index contributed by atoms with van der Waals surface area (Å²) < 4.78 is 14.5. The molecule has 4 heterocycles. The standard InChI is InChI=1S/C21H26FN7O/c1-3-6-23-21(30)29-7-4-5-14(12-29)27-20-17(22)11-26-19(28-20)16-10-25-18-15(16)8-13(2)9-24-18/h8-11,14H,3-7,12H2,1-2H3,(H,23,30)(H,24,25)(H,26,27,28)/t14-/m1/s1. The SMILES string of the molecule is CCCNC(=O)N1CCC[C@@H](Nc2nc(-c3c[nH]c4ncc(C)cc34)ncc2F)C1. The number of nitrogens with zero attached hydrogens (tertiary/aromatic N) is 4. The molecule has 1 aliphatic heterocycles. The van der Waals surface area contributed by atoms with Gasteiger partial charge in [-0.05, 0) is 37.8 Å². The summed E-state index contributed by atoms with van der Waals surface area (Å²) in [5.74, 6) is 0.0575. The van der Waals surface area contributed by atoms with Gasteiger partial charge in [0.25, 0.3) is 0 Å². The molecule has 2 amide bonds. The maximum atomic E-state index is 14.5. The van der Waals surface area contributed by atoms with Crippen LogP contribution in [0.2, 0.25) is 0 Å². The Balaban J connectivity index is 1.53. The number of hydrogen-bond donors (Lipinski definition) is 3. The number of pyridine rings is 1. The Labute approximate surface area is 174 Å². The summed E-state index contributed by atoms with van der Waals surface area (Å²) in [5, 5.41) is 6.97. The third-order valence-electron chi connectivity index (χ3n) is 5.23. The number of likely N-dealkylation sites (tertiary alicyclic amines) is 1. The quantitative estimate of drug-likeness (QED) is 0.597. The van der Waals surface area contributed by atoms with Crippen LogP contribution in [0.25, 0.3) is 22.4 Å². The molecule has 9 heteroatoms. The lowest BCUT2D eigenvalue weighted by Gasteiger charge is -2.33. The number of hydrogen-bond acceptors (Lipinski definition) is 5. The van der Waals surface area contributed by atoms with E-state index in [-0.39, 0.29) is 17.9 Å². The third-order valence-corrected chi connectivity index (χ3v) is 5.23. The fraction of sp³-hybridized carbons (Fsp3) is 0.429. The van der Waals surface area contributed by atoms with E-state index in [1.54, 1.807) is 17.3 Å². The minimum atomic E-state index is -0.513. The van der Waals surface area contributed by atoms with Gasteiger partial charge < -0.3 is 20.5 Å². The molecule has 3 N–H and O–H groups in total. The Morgan fingerprint density at radius 3 is 3.07 bits per heavy atom.